The molecule has 0 saturated heterocycles. The Hall–Kier alpha value is 1.51. The minimum absolute atomic E-state index is 0. The number of aliphatic hydroxyl groups excluding tert-OH is 1. The number of rotatable bonds is 8. The van der Waals surface area contributed by atoms with Crippen LogP contribution < -0.4 is 51.4 Å². The van der Waals surface area contributed by atoms with E-state index in [2.05, 4.69) is 6.92 Å². The van der Waals surface area contributed by atoms with E-state index in [1.807, 2.05) is 0 Å². The Bertz CT molecular complexity index is 254. The van der Waals surface area contributed by atoms with Crippen molar-refractivity contribution in [2.24, 2.45) is 0 Å². The zero-order chi connectivity index (χ0) is 11.9. The molecule has 0 aliphatic rings. The van der Waals surface area contributed by atoms with Gasteiger partial charge in [0.05, 0.1) is 11.4 Å². The molecule has 6 heteroatoms. The molecule has 2 atom stereocenters. The van der Waals surface area contributed by atoms with Gasteiger partial charge in [-0.15, -0.1) is 0 Å². The summed E-state index contributed by atoms with van der Waals surface area (Å²) in [6, 6.07) is 0. The van der Waals surface area contributed by atoms with E-state index in [1.165, 1.54) is 0 Å². The van der Waals surface area contributed by atoms with Gasteiger partial charge in [0.15, 0.2) is 0 Å². The van der Waals surface area contributed by atoms with Gasteiger partial charge in [-0.25, -0.2) is 8.42 Å². The fourth-order valence-corrected chi connectivity index (χ4v) is 2.56. The summed E-state index contributed by atoms with van der Waals surface area (Å²) in [5, 5.41) is 8.43. The molecule has 0 amide bonds. The summed E-state index contributed by atoms with van der Waals surface area (Å²) >= 11 is 0. The van der Waals surface area contributed by atoms with Gasteiger partial charge in [0, 0.05) is 0 Å². The van der Waals surface area contributed by atoms with E-state index >= 15 is 0 Å². The van der Waals surface area contributed by atoms with Crippen LogP contribution in [0.1, 0.15) is 52.4 Å². The second kappa shape index (κ2) is 10.4. The summed E-state index contributed by atoms with van der Waals surface area (Å²) in [4.78, 5) is 0. The van der Waals surface area contributed by atoms with Crippen molar-refractivity contribution < 1.29 is 69.5 Å². The monoisotopic (exact) mass is 276 g/mol. The molecule has 1 N–H and O–H groups in total. The van der Waals surface area contributed by atoms with Crippen molar-refractivity contribution in [2.45, 2.75) is 63.7 Å². The number of hydrogen-bond acceptors (Lipinski definition) is 4. The third-order valence-corrected chi connectivity index (χ3v) is 3.94. The van der Waals surface area contributed by atoms with Crippen LogP contribution in [0.3, 0.4) is 0 Å². The quantitative estimate of drug-likeness (QED) is 0.338. The minimum atomic E-state index is -4.36. The number of aliphatic hydroxyl groups is 1. The topological polar surface area (TPSA) is 77.4 Å². The van der Waals surface area contributed by atoms with Crippen LogP contribution in [-0.2, 0) is 10.1 Å². The number of unbranched alkanes of at least 4 members (excludes halogenated alkanes) is 3. The molecule has 0 aromatic heterocycles. The van der Waals surface area contributed by atoms with Crippen LogP contribution in [0.2, 0.25) is 0 Å². The van der Waals surface area contributed by atoms with E-state index in [9.17, 15) is 18.1 Å². The summed E-state index contributed by atoms with van der Waals surface area (Å²) < 4.78 is 32.3. The second-order valence-electron chi connectivity index (χ2n) is 3.86. The Morgan fingerprint density at radius 1 is 1.19 bits per heavy atom. The Balaban J connectivity index is 0. The summed E-state index contributed by atoms with van der Waals surface area (Å²) in [6.07, 6.45) is 3.50. The molecule has 0 radical (unpaired) electrons. The predicted octanol–water partition coefficient (Wildman–Crippen LogP) is -1.35. The summed E-state index contributed by atoms with van der Waals surface area (Å²) in [5.41, 5.74) is 0. The Labute approximate surface area is 141 Å². The van der Waals surface area contributed by atoms with Crippen LogP contribution >= 0.6 is 0 Å². The van der Waals surface area contributed by atoms with Crippen molar-refractivity contribution >= 4 is 10.1 Å². The standard InChI is InChI=1S/C10H22O4S.K/c1-3-5-6-7-8-9(11)10(4-2)15(12,13)14;/h9-11H,3-8H2,1-2H3,(H,12,13,14);/q;+1/p-1. The maximum atomic E-state index is 10.8. The smallest absolute Gasteiger partial charge is 0.748 e. The van der Waals surface area contributed by atoms with Crippen molar-refractivity contribution in [3.8, 4) is 0 Å². The fourth-order valence-electron chi connectivity index (χ4n) is 1.63. The Kier molecular flexibility index (Phi) is 12.9. The molecule has 0 aliphatic heterocycles. The van der Waals surface area contributed by atoms with Crippen LogP contribution in [0.25, 0.3) is 0 Å². The number of hydrogen-bond donors (Lipinski definition) is 1. The first-order chi connectivity index (χ1) is 6.93. The molecular weight excluding hydrogens is 255 g/mol. The average molecular weight is 276 g/mol. The second-order valence-corrected chi connectivity index (χ2v) is 5.45. The van der Waals surface area contributed by atoms with Crippen LogP contribution in [0.15, 0.2) is 0 Å². The third-order valence-electron chi connectivity index (χ3n) is 2.56. The van der Waals surface area contributed by atoms with Crippen molar-refractivity contribution in [2.75, 3.05) is 0 Å². The van der Waals surface area contributed by atoms with Gasteiger partial charge in [0.2, 0.25) is 0 Å². The molecule has 0 aromatic rings. The molecule has 0 saturated carbocycles. The van der Waals surface area contributed by atoms with Crippen LogP contribution in [-0.4, -0.2) is 29.4 Å². The first kappa shape index (κ1) is 19.8. The molecule has 4 nitrogen and oxygen atoms in total. The molecule has 2 unspecified atom stereocenters. The minimum Gasteiger partial charge on any atom is -0.748 e. The Morgan fingerprint density at radius 3 is 2.12 bits per heavy atom. The van der Waals surface area contributed by atoms with E-state index in [4.69, 9.17) is 0 Å². The van der Waals surface area contributed by atoms with Crippen LogP contribution in [0.4, 0.5) is 0 Å². The molecule has 16 heavy (non-hydrogen) atoms. The molecule has 0 heterocycles. The fraction of sp³-hybridized carbons (Fsp3) is 1.00. The van der Waals surface area contributed by atoms with Gasteiger partial charge in [0.25, 0.3) is 0 Å². The van der Waals surface area contributed by atoms with E-state index in [-0.39, 0.29) is 57.8 Å². The van der Waals surface area contributed by atoms with E-state index in [0.717, 1.165) is 25.7 Å². The van der Waals surface area contributed by atoms with Crippen LogP contribution in [0, 0.1) is 0 Å². The normalized spacial score (nSPS) is 15.2. The third kappa shape index (κ3) is 8.58. The molecule has 0 bridgehead atoms. The van der Waals surface area contributed by atoms with Gasteiger partial charge in [-0.3, -0.25) is 0 Å². The molecule has 0 aliphatic carbocycles. The van der Waals surface area contributed by atoms with Gasteiger partial charge in [-0.05, 0) is 12.8 Å². The summed E-state index contributed by atoms with van der Waals surface area (Å²) in [7, 11) is -4.36. The molecular formula is C10H21KO4S. The average Bonchev–Trinajstić information content (AvgIpc) is 2.11. The molecule has 0 fully saturated rings. The predicted molar refractivity (Wildman–Crippen MR) is 58.5 cm³/mol. The van der Waals surface area contributed by atoms with E-state index in [1.54, 1.807) is 6.92 Å². The van der Waals surface area contributed by atoms with E-state index < -0.39 is 21.5 Å². The first-order valence-corrected chi connectivity index (χ1v) is 7.03. The van der Waals surface area contributed by atoms with Gasteiger partial charge in [-0.2, -0.15) is 0 Å². The maximum Gasteiger partial charge on any atom is 1.00 e. The van der Waals surface area contributed by atoms with E-state index in [0.29, 0.717) is 6.42 Å². The van der Waals surface area contributed by atoms with Crippen molar-refractivity contribution in [1.29, 1.82) is 0 Å². The zero-order valence-corrected chi connectivity index (χ0v) is 14.4. The van der Waals surface area contributed by atoms with Crippen molar-refractivity contribution in [3.63, 3.8) is 0 Å². The Morgan fingerprint density at radius 2 is 1.75 bits per heavy atom. The van der Waals surface area contributed by atoms with Crippen LogP contribution in [0.5, 0.6) is 0 Å². The summed E-state index contributed by atoms with van der Waals surface area (Å²) in [6.45, 7) is 3.68. The molecule has 0 rings (SSSR count). The van der Waals surface area contributed by atoms with Gasteiger partial charge < -0.3 is 9.66 Å². The van der Waals surface area contributed by atoms with Gasteiger partial charge in [-0.1, -0.05) is 39.5 Å². The summed E-state index contributed by atoms with van der Waals surface area (Å²) in [5.74, 6) is 0. The van der Waals surface area contributed by atoms with Crippen molar-refractivity contribution in [3.05, 3.63) is 0 Å². The van der Waals surface area contributed by atoms with Gasteiger partial charge in [0.1, 0.15) is 10.1 Å². The maximum absolute atomic E-state index is 10.8. The molecule has 0 aromatic carbocycles. The molecule has 92 valence electrons. The largest absolute Gasteiger partial charge is 1.00 e. The SMILES string of the molecule is CCCCCCC(O)C(CC)S(=O)(=O)[O-].[K+]. The van der Waals surface area contributed by atoms with Crippen molar-refractivity contribution in [1.82, 2.24) is 0 Å². The zero-order valence-electron chi connectivity index (χ0n) is 10.5. The first-order valence-electron chi connectivity index (χ1n) is 5.56. The van der Waals surface area contributed by atoms with Gasteiger partial charge >= 0.3 is 51.4 Å². The molecule has 0 spiro atoms.